The molecule has 2 heterocycles. The molecule has 0 amide bonds. The number of unbranched alkanes of at least 4 members (excludes halogenated alkanes) is 4. The third-order valence-corrected chi connectivity index (χ3v) is 8.30. The first kappa shape index (κ1) is 36.9. The first-order valence-corrected chi connectivity index (χ1v) is 16.8. The highest BCUT2D eigenvalue weighted by atomic mass is 27.0. The van der Waals surface area contributed by atoms with Gasteiger partial charge in [-0.05, 0) is 82.9 Å². The third-order valence-electron chi connectivity index (χ3n) is 7.77. The first-order chi connectivity index (χ1) is 19.7. The lowest BCUT2D eigenvalue weighted by atomic mass is 9.86. The summed E-state index contributed by atoms with van der Waals surface area (Å²) in [5.74, 6) is 1.99. The molecule has 1 aliphatic carbocycles. The van der Waals surface area contributed by atoms with E-state index in [9.17, 15) is 0 Å². The average molecular weight is 578 g/mol. The van der Waals surface area contributed by atoms with Gasteiger partial charge in [-0.25, -0.2) is 0 Å². The summed E-state index contributed by atoms with van der Waals surface area (Å²) in [5, 5.41) is 3.29. The van der Waals surface area contributed by atoms with E-state index in [-0.39, 0.29) is 0 Å². The fourth-order valence-corrected chi connectivity index (χ4v) is 5.46. The molecule has 41 heavy (non-hydrogen) atoms. The highest BCUT2D eigenvalue weighted by molar-refractivity contribution is 6.17. The van der Waals surface area contributed by atoms with Crippen LogP contribution in [-0.2, 0) is 0 Å². The highest BCUT2D eigenvalue weighted by Crippen LogP contribution is 2.36. The molecular weight excluding hydrogens is 517 g/mol. The first-order valence-electron chi connectivity index (χ1n) is 16.1. The summed E-state index contributed by atoms with van der Waals surface area (Å²) in [5.41, 5.74) is 9.89. The van der Waals surface area contributed by atoms with Gasteiger partial charge in [-0.15, -0.1) is 6.58 Å². The fourth-order valence-electron chi connectivity index (χ4n) is 5.37. The summed E-state index contributed by atoms with van der Waals surface area (Å²) in [6.45, 7) is 20.2. The lowest BCUT2D eigenvalue weighted by molar-refractivity contribution is 0.275. The van der Waals surface area contributed by atoms with Gasteiger partial charge in [0.2, 0.25) is 0 Å². The van der Waals surface area contributed by atoms with E-state index in [0.29, 0.717) is 6.04 Å². The van der Waals surface area contributed by atoms with Gasteiger partial charge in [-0.3, -0.25) is 0 Å². The monoisotopic (exact) mass is 577 g/mol. The Kier molecular flexibility index (Phi) is 20.3. The number of hydrogen-bond acceptors (Lipinski definition) is 4. The van der Waals surface area contributed by atoms with Crippen molar-refractivity contribution in [3.63, 3.8) is 0 Å². The molecular formula is C36H60AlN3O. The Bertz CT molecular complexity index is 909. The van der Waals surface area contributed by atoms with Crippen LogP contribution in [0.25, 0.3) is 0 Å². The van der Waals surface area contributed by atoms with Gasteiger partial charge >= 0.3 is 0 Å². The van der Waals surface area contributed by atoms with Crippen LogP contribution in [0.3, 0.4) is 0 Å². The Labute approximate surface area is 262 Å². The van der Waals surface area contributed by atoms with Crippen LogP contribution in [0.15, 0.2) is 71.5 Å². The van der Waals surface area contributed by atoms with E-state index < -0.39 is 0 Å². The maximum absolute atomic E-state index is 5.72. The molecule has 4 nitrogen and oxygen atoms in total. The maximum atomic E-state index is 5.72. The van der Waals surface area contributed by atoms with Gasteiger partial charge in [0.25, 0.3) is 0 Å². The zero-order valence-corrected chi connectivity index (χ0v) is 28.3. The Morgan fingerprint density at radius 1 is 1.07 bits per heavy atom. The van der Waals surface area contributed by atoms with Crippen LogP contribution in [-0.4, -0.2) is 41.5 Å². The number of fused-ring (bicyclic) bond motifs is 1. The second kappa shape index (κ2) is 22.5. The molecule has 5 heteroatoms. The molecule has 3 aliphatic rings. The third kappa shape index (κ3) is 16.2. The number of para-hydroxylation sites is 2. The van der Waals surface area contributed by atoms with Crippen molar-refractivity contribution in [2.45, 2.75) is 124 Å². The van der Waals surface area contributed by atoms with Gasteiger partial charge in [0.05, 0.1) is 12.2 Å². The SMILES string of the molecule is C/C(N)=C/C(C)=[CH]\[Al].C=CCC1CCC(=C)N1.CC1CCC(N2CCOc3ccccc32)CC1.CCCCCCC. The summed E-state index contributed by atoms with van der Waals surface area (Å²) in [7, 11) is 0. The Morgan fingerprint density at radius 2 is 1.73 bits per heavy atom. The van der Waals surface area contributed by atoms with Gasteiger partial charge in [0.1, 0.15) is 12.4 Å². The molecule has 1 saturated heterocycles. The molecule has 2 radical (unpaired) electrons. The van der Waals surface area contributed by atoms with E-state index in [1.165, 1.54) is 81.2 Å². The molecule has 4 rings (SSSR count). The zero-order valence-electron chi connectivity index (χ0n) is 27.1. The number of anilines is 1. The number of rotatable bonds is 8. The van der Waals surface area contributed by atoms with Crippen molar-refractivity contribution < 1.29 is 4.74 Å². The van der Waals surface area contributed by atoms with Crippen LogP contribution < -0.4 is 20.7 Å². The normalized spacial score (nSPS) is 21.8. The molecule has 1 aromatic carbocycles. The number of allylic oxidation sites excluding steroid dienone is 4. The minimum absolute atomic E-state index is 0.620. The molecule has 2 fully saturated rings. The van der Waals surface area contributed by atoms with Crippen LogP contribution in [0.2, 0.25) is 0 Å². The predicted molar refractivity (Wildman–Crippen MR) is 183 cm³/mol. The summed E-state index contributed by atoms with van der Waals surface area (Å²) in [6.07, 6.45) is 19.8. The van der Waals surface area contributed by atoms with Crippen molar-refractivity contribution in [1.82, 2.24) is 5.32 Å². The molecule has 0 aromatic heterocycles. The van der Waals surface area contributed by atoms with E-state index >= 15 is 0 Å². The van der Waals surface area contributed by atoms with Crippen molar-refractivity contribution in [3.8, 4) is 5.75 Å². The van der Waals surface area contributed by atoms with Crippen LogP contribution in [0.5, 0.6) is 5.75 Å². The lowest BCUT2D eigenvalue weighted by Gasteiger charge is -2.40. The van der Waals surface area contributed by atoms with Gasteiger partial charge in [-0.2, -0.15) is 4.94 Å². The number of benzene rings is 1. The molecule has 3 N–H and O–H groups in total. The van der Waals surface area contributed by atoms with Crippen molar-refractivity contribution >= 4 is 22.0 Å². The van der Waals surface area contributed by atoms with E-state index in [4.69, 9.17) is 10.5 Å². The minimum atomic E-state index is 0.620. The van der Waals surface area contributed by atoms with Gasteiger partial charge < -0.3 is 20.7 Å². The standard InChI is InChI=1S/C15H21NO.C8H13N.C7H16.C6H10N.Al/c1-12-6-8-13(9-7-12)16-10-11-17-15-5-3-2-4-14(15)16;1-3-4-8-6-5-7(2)9-8;1-3-5-7-6-4-2;1-5(2)4-6(3)7;/h2-5,12-13H,6-11H2,1H3;3,8-9H,1-2,4-6H2;3-7H2,1-2H3;1,4H,7H2,2-3H3;/b;;;5-1?,6-4-;. The predicted octanol–water partition coefficient (Wildman–Crippen LogP) is 9.19. The highest BCUT2D eigenvalue weighted by Gasteiger charge is 2.27. The zero-order chi connectivity index (χ0) is 30.5. The minimum Gasteiger partial charge on any atom is -0.490 e. The van der Waals surface area contributed by atoms with E-state index in [0.717, 1.165) is 49.4 Å². The van der Waals surface area contributed by atoms with Crippen molar-refractivity contribution in [1.29, 1.82) is 0 Å². The Balaban J connectivity index is 0.000000300. The van der Waals surface area contributed by atoms with Crippen LogP contribution in [0.4, 0.5) is 5.69 Å². The quantitative estimate of drug-likeness (QED) is 0.140. The van der Waals surface area contributed by atoms with E-state index in [1.54, 1.807) is 0 Å². The van der Waals surface area contributed by atoms with Crippen molar-refractivity contribution in [3.05, 3.63) is 71.5 Å². The van der Waals surface area contributed by atoms with Crippen molar-refractivity contribution in [2.24, 2.45) is 11.7 Å². The number of nitrogens with one attached hydrogen (secondary N) is 1. The lowest BCUT2D eigenvalue weighted by Crippen LogP contribution is -2.42. The van der Waals surface area contributed by atoms with Gasteiger partial charge in [0.15, 0.2) is 16.3 Å². The summed E-state index contributed by atoms with van der Waals surface area (Å²) >= 11 is 2.52. The maximum Gasteiger partial charge on any atom is 0.162 e. The number of nitrogens with zero attached hydrogens (tertiary/aromatic N) is 1. The van der Waals surface area contributed by atoms with Gasteiger partial charge in [-0.1, -0.05) is 83.2 Å². The second-order valence-electron chi connectivity index (χ2n) is 11.8. The second-order valence-corrected chi connectivity index (χ2v) is 12.1. The smallest absolute Gasteiger partial charge is 0.162 e. The van der Waals surface area contributed by atoms with Gasteiger partial charge in [0, 0.05) is 23.5 Å². The Morgan fingerprint density at radius 3 is 2.24 bits per heavy atom. The molecule has 2 aliphatic heterocycles. The number of nitrogens with two attached hydrogens (primary N) is 1. The summed E-state index contributed by atoms with van der Waals surface area (Å²) in [6, 6.07) is 9.82. The van der Waals surface area contributed by atoms with Crippen molar-refractivity contribution in [2.75, 3.05) is 18.1 Å². The van der Waals surface area contributed by atoms with Crippen LogP contribution in [0, 0.1) is 5.92 Å². The van der Waals surface area contributed by atoms with E-state index in [1.807, 2.05) is 30.9 Å². The topological polar surface area (TPSA) is 50.5 Å². The molecule has 1 unspecified atom stereocenters. The van der Waals surface area contributed by atoms with Crippen LogP contribution >= 0.6 is 0 Å². The molecule has 1 saturated carbocycles. The molecule has 1 atom stereocenters. The van der Waals surface area contributed by atoms with Crippen LogP contribution in [0.1, 0.15) is 112 Å². The number of ether oxygens (including phenoxy) is 1. The molecule has 0 spiro atoms. The largest absolute Gasteiger partial charge is 0.490 e. The summed E-state index contributed by atoms with van der Waals surface area (Å²) in [4.78, 5) is 4.51. The molecule has 0 bridgehead atoms. The molecule has 228 valence electrons. The summed E-state index contributed by atoms with van der Waals surface area (Å²) < 4.78 is 5.72. The fraction of sp³-hybridized carbons (Fsp3) is 0.611. The molecule has 1 aromatic rings. The number of hydrogen-bond donors (Lipinski definition) is 2. The average Bonchev–Trinajstić information content (AvgIpc) is 3.39. The Hall–Kier alpha value is -2.09. The van der Waals surface area contributed by atoms with E-state index in [2.05, 4.69) is 84.7 Å².